The maximum absolute atomic E-state index is 12.6. The highest BCUT2D eigenvalue weighted by Gasteiger charge is 2.40. The zero-order chi connectivity index (χ0) is 20.9. The molecule has 4 rings (SSSR count). The molecular weight excluding hydrogens is 416 g/mol. The van der Waals surface area contributed by atoms with E-state index in [0.717, 1.165) is 5.69 Å². The van der Waals surface area contributed by atoms with Gasteiger partial charge in [0.15, 0.2) is 5.11 Å². The summed E-state index contributed by atoms with van der Waals surface area (Å²) in [5, 5.41) is 9.02. The van der Waals surface area contributed by atoms with Crippen LogP contribution in [0.25, 0.3) is 0 Å². The lowest BCUT2D eigenvalue weighted by Gasteiger charge is -2.26. The zero-order valence-electron chi connectivity index (χ0n) is 16.4. The molecular formula is C22H22N4O2S2. The van der Waals surface area contributed by atoms with Crippen molar-refractivity contribution in [3.63, 3.8) is 0 Å². The number of amides is 1. The number of carbonyl (C=O) groups excluding carboxylic acids is 1. The zero-order valence-corrected chi connectivity index (χ0v) is 18.1. The predicted molar refractivity (Wildman–Crippen MR) is 123 cm³/mol. The summed E-state index contributed by atoms with van der Waals surface area (Å²) >= 11 is 7.31. The highest BCUT2D eigenvalue weighted by Crippen LogP contribution is 2.40. The second-order valence-electron chi connectivity index (χ2n) is 6.83. The first-order valence-corrected chi connectivity index (χ1v) is 10.9. The van der Waals surface area contributed by atoms with Crippen molar-refractivity contribution in [3.8, 4) is 5.75 Å². The Morgan fingerprint density at radius 2 is 2.07 bits per heavy atom. The van der Waals surface area contributed by atoms with E-state index in [2.05, 4.69) is 32.0 Å². The third-order valence-electron chi connectivity index (χ3n) is 4.99. The molecule has 0 saturated carbocycles. The van der Waals surface area contributed by atoms with Crippen molar-refractivity contribution in [1.29, 1.82) is 0 Å². The van der Waals surface area contributed by atoms with Crippen LogP contribution in [0.1, 0.15) is 29.1 Å². The molecule has 8 heteroatoms. The van der Waals surface area contributed by atoms with Crippen LogP contribution in [0.3, 0.4) is 0 Å². The van der Waals surface area contributed by atoms with Crippen LogP contribution in [0.5, 0.6) is 5.75 Å². The SMILES string of the molecule is COc1ccccc1NC(=O)CCN1C(=S)N[C@H](c2ccccn2)[C@@H]1c1cccs1. The minimum absolute atomic E-state index is 0.00791. The molecule has 0 spiro atoms. The van der Waals surface area contributed by atoms with Gasteiger partial charge in [0.25, 0.3) is 0 Å². The number of anilines is 1. The normalized spacial score (nSPS) is 18.2. The van der Waals surface area contributed by atoms with Gasteiger partial charge in [0, 0.05) is 24.0 Å². The molecule has 0 aliphatic carbocycles. The van der Waals surface area contributed by atoms with Crippen LogP contribution in [0.2, 0.25) is 0 Å². The molecule has 3 aromatic rings. The summed E-state index contributed by atoms with van der Waals surface area (Å²) in [4.78, 5) is 20.4. The number of nitrogens with one attached hydrogen (secondary N) is 2. The van der Waals surface area contributed by atoms with Crippen molar-refractivity contribution in [3.05, 3.63) is 76.7 Å². The summed E-state index contributed by atoms with van der Waals surface area (Å²) in [7, 11) is 1.59. The molecule has 6 nitrogen and oxygen atoms in total. The van der Waals surface area contributed by atoms with E-state index in [1.54, 1.807) is 24.6 Å². The van der Waals surface area contributed by atoms with Crippen molar-refractivity contribution >= 4 is 40.3 Å². The van der Waals surface area contributed by atoms with Gasteiger partial charge in [-0.15, -0.1) is 11.3 Å². The number of thiocarbonyl (C=S) groups is 1. The van der Waals surface area contributed by atoms with Crippen LogP contribution in [0.15, 0.2) is 66.2 Å². The number of carbonyl (C=O) groups is 1. The summed E-state index contributed by atoms with van der Waals surface area (Å²) in [5.41, 5.74) is 1.59. The van der Waals surface area contributed by atoms with Gasteiger partial charge in [-0.25, -0.2) is 0 Å². The summed E-state index contributed by atoms with van der Waals surface area (Å²) < 4.78 is 5.31. The smallest absolute Gasteiger partial charge is 0.226 e. The number of hydrogen-bond donors (Lipinski definition) is 2. The highest BCUT2D eigenvalue weighted by molar-refractivity contribution is 7.80. The molecule has 1 saturated heterocycles. The molecule has 2 atom stereocenters. The summed E-state index contributed by atoms with van der Waals surface area (Å²) in [6.07, 6.45) is 2.09. The maximum atomic E-state index is 12.6. The first-order valence-electron chi connectivity index (χ1n) is 9.61. The molecule has 1 aromatic carbocycles. The van der Waals surface area contributed by atoms with Crippen LogP contribution in [0, 0.1) is 0 Å². The molecule has 1 aliphatic rings. The van der Waals surface area contributed by atoms with E-state index in [9.17, 15) is 4.79 Å². The molecule has 1 amide bonds. The summed E-state index contributed by atoms with van der Waals surface area (Å²) in [5.74, 6) is 0.546. The number of hydrogen-bond acceptors (Lipinski definition) is 5. The molecule has 2 aromatic heterocycles. The van der Waals surface area contributed by atoms with Crippen LogP contribution < -0.4 is 15.4 Å². The quantitative estimate of drug-likeness (QED) is 0.540. The van der Waals surface area contributed by atoms with Crippen molar-refractivity contribution in [2.45, 2.75) is 18.5 Å². The average molecular weight is 439 g/mol. The van der Waals surface area contributed by atoms with Crippen LogP contribution in [0.4, 0.5) is 5.69 Å². The topological polar surface area (TPSA) is 66.5 Å². The van der Waals surface area contributed by atoms with Gasteiger partial charge >= 0.3 is 0 Å². The number of nitrogens with zero attached hydrogens (tertiary/aromatic N) is 2. The fourth-order valence-electron chi connectivity index (χ4n) is 3.60. The lowest BCUT2D eigenvalue weighted by Crippen LogP contribution is -2.32. The van der Waals surface area contributed by atoms with Gasteiger partial charge < -0.3 is 20.3 Å². The summed E-state index contributed by atoms with van der Waals surface area (Å²) in [6.45, 7) is 0.499. The van der Waals surface area contributed by atoms with Crippen molar-refractivity contribution in [2.24, 2.45) is 0 Å². The Morgan fingerprint density at radius 1 is 1.23 bits per heavy atom. The highest BCUT2D eigenvalue weighted by atomic mass is 32.1. The van der Waals surface area contributed by atoms with E-state index in [4.69, 9.17) is 17.0 Å². The van der Waals surface area contributed by atoms with Crippen molar-refractivity contribution in [2.75, 3.05) is 19.0 Å². The molecule has 154 valence electrons. The van der Waals surface area contributed by atoms with E-state index < -0.39 is 0 Å². The first kappa shape index (κ1) is 20.3. The fraction of sp³-hybridized carbons (Fsp3) is 0.227. The maximum Gasteiger partial charge on any atom is 0.226 e. The minimum Gasteiger partial charge on any atom is -0.495 e. The molecule has 1 fully saturated rings. The Balaban J connectivity index is 1.49. The van der Waals surface area contributed by atoms with Crippen LogP contribution in [-0.4, -0.2) is 34.6 Å². The van der Waals surface area contributed by atoms with Crippen LogP contribution in [-0.2, 0) is 4.79 Å². The van der Waals surface area contributed by atoms with E-state index in [1.165, 1.54) is 4.88 Å². The Morgan fingerprint density at radius 3 is 2.80 bits per heavy atom. The fourth-order valence-corrected chi connectivity index (χ4v) is 4.80. The summed E-state index contributed by atoms with van der Waals surface area (Å²) in [6, 6.07) is 17.3. The van der Waals surface area contributed by atoms with E-state index in [0.29, 0.717) is 29.5 Å². The van der Waals surface area contributed by atoms with Crippen molar-refractivity contribution in [1.82, 2.24) is 15.2 Å². The monoisotopic (exact) mass is 438 g/mol. The molecule has 2 N–H and O–H groups in total. The number of benzene rings is 1. The molecule has 0 radical (unpaired) electrons. The van der Waals surface area contributed by atoms with Gasteiger partial charge in [-0.2, -0.15) is 0 Å². The van der Waals surface area contributed by atoms with E-state index in [-0.39, 0.29) is 18.0 Å². The van der Waals surface area contributed by atoms with Crippen LogP contribution >= 0.6 is 23.6 Å². The molecule has 0 bridgehead atoms. The molecule has 0 unspecified atom stereocenters. The third kappa shape index (κ3) is 4.29. The van der Waals surface area contributed by atoms with Gasteiger partial charge in [0.05, 0.1) is 30.6 Å². The molecule has 1 aliphatic heterocycles. The number of pyridine rings is 1. The predicted octanol–water partition coefficient (Wildman–Crippen LogP) is 4.15. The van der Waals surface area contributed by atoms with Gasteiger partial charge in [-0.1, -0.05) is 24.3 Å². The Hall–Kier alpha value is -2.97. The standard InChI is InChI=1S/C22H22N4O2S2/c1-28-17-9-3-2-7-15(17)24-19(27)11-13-26-21(18-10-6-14-30-18)20(25-22(26)29)16-8-4-5-12-23-16/h2-10,12,14,20-21H,11,13H2,1H3,(H,24,27)(H,25,29)/t20-,21+/m1/s1. The largest absolute Gasteiger partial charge is 0.495 e. The third-order valence-corrected chi connectivity index (χ3v) is 6.29. The van der Waals surface area contributed by atoms with Gasteiger partial charge in [-0.3, -0.25) is 9.78 Å². The lowest BCUT2D eigenvalue weighted by molar-refractivity contribution is -0.116. The van der Waals surface area contributed by atoms with Crippen molar-refractivity contribution < 1.29 is 9.53 Å². The number of rotatable bonds is 7. The number of methoxy groups -OCH3 is 1. The Kier molecular flexibility index (Phi) is 6.25. The second kappa shape index (κ2) is 9.23. The van der Waals surface area contributed by atoms with E-state index in [1.807, 2.05) is 48.5 Å². The second-order valence-corrected chi connectivity index (χ2v) is 8.20. The van der Waals surface area contributed by atoms with Gasteiger partial charge in [0.1, 0.15) is 5.75 Å². The molecule has 3 heterocycles. The van der Waals surface area contributed by atoms with Gasteiger partial charge in [-0.05, 0) is 47.9 Å². The number of para-hydroxylation sites is 2. The number of ether oxygens (including phenoxy) is 1. The Bertz CT molecular complexity index is 1010. The first-order chi connectivity index (χ1) is 14.7. The van der Waals surface area contributed by atoms with E-state index >= 15 is 0 Å². The van der Waals surface area contributed by atoms with Gasteiger partial charge in [0.2, 0.25) is 5.91 Å². The number of thiophene rings is 1. The Labute approximate surface area is 184 Å². The molecule has 30 heavy (non-hydrogen) atoms. The minimum atomic E-state index is -0.0893. The lowest BCUT2D eigenvalue weighted by atomic mass is 10.0. The average Bonchev–Trinajstić information content (AvgIpc) is 3.41. The number of aromatic nitrogens is 1.